The van der Waals surface area contributed by atoms with Gasteiger partial charge in [-0.25, -0.2) is 24.2 Å². The number of nitrogens with two attached hydrogens (primary N) is 1. The largest absolute Gasteiger partial charge is 0.493 e. The first-order chi connectivity index (χ1) is 43.5. The van der Waals surface area contributed by atoms with Crippen LogP contribution in [0.5, 0.6) is 23.0 Å². The third-order valence-corrected chi connectivity index (χ3v) is 16.2. The van der Waals surface area contributed by atoms with Crippen LogP contribution in [-0.4, -0.2) is 180 Å². The van der Waals surface area contributed by atoms with E-state index >= 15 is 0 Å². The highest BCUT2D eigenvalue weighted by molar-refractivity contribution is 6.13. The van der Waals surface area contributed by atoms with Crippen LogP contribution in [0.1, 0.15) is 111 Å². The molecule has 0 saturated carbocycles. The molecule has 5 heterocycles. The molecule has 2 saturated heterocycles. The number of aliphatic hydroxyl groups is 2. The Morgan fingerprint density at radius 2 is 1.22 bits per heavy atom. The number of benzene rings is 3. The number of imide groups is 1. The molecule has 6 atom stereocenters. The molecule has 0 aliphatic carbocycles. The van der Waals surface area contributed by atoms with E-state index in [1.807, 2.05) is 0 Å². The van der Waals surface area contributed by atoms with E-state index in [1.165, 1.54) is 60.4 Å². The molecule has 0 spiro atoms. The number of methoxy groups -OCH3 is 2. The molecule has 0 bridgehead atoms. The number of rotatable bonds is 28. The number of aliphatic hydroxyl groups excluding tert-OH is 2. The van der Waals surface area contributed by atoms with Crippen LogP contribution >= 0.6 is 0 Å². The zero-order chi connectivity index (χ0) is 65.8. The standard InChI is InChI=1S/C63H78N10O18/c1-35(2)54(68-51(74)15-9-7-10-23-69-52(75)20-21-53(69)76)56(78)67-42(14-13-22-65-61(64)83)55(77)66-39-18-16-38(17-19-39)34-91-63(86)73-44-31-50(48(88-6)29-41(44)58(80)71-33-37(4)27-46(71)60(73)82)90-25-12-8-11-24-89-49-30-43-40(28-47(49)87-5)57(79)70-32-36(3)26-45(70)59(81)72(43)62(84)85/h16-21,28-31,35,42,45-46,54,59-60,81-82H,3-4,7-15,22-27,32-34H2,1-2,5-6H3,(H,66,77)(H,67,78)(H,68,74)(H,84,85)(H3,64,65,83)/t42?,45-,46-,54?,59?,60?/m0/s1. The Kier molecular flexibility index (Phi) is 22.3. The maximum atomic E-state index is 14.3. The van der Waals surface area contributed by atoms with Crippen LogP contribution < -0.4 is 55.7 Å². The van der Waals surface area contributed by atoms with Crippen molar-refractivity contribution >= 4 is 76.6 Å². The molecule has 28 heteroatoms. The number of nitrogens with zero attached hydrogens (tertiary/aromatic N) is 5. The summed E-state index contributed by atoms with van der Waals surface area (Å²) < 4.78 is 29.3. The van der Waals surface area contributed by atoms with Crippen LogP contribution in [0.15, 0.2) is 85.0 Å². The molecule has 0 aromatic heterocycles. The highest BCUT2D eigenvalue weighted by Crippen LogP contribution is 2.44. The van der Waals surface area contributed by atoms with E-state index in [0.29, 0.717) is 60.9 Å². The minimum atomic E-state index is -1.60. The zero-order valence-corrected chi connectivity index (χ0v) is 51.2. The Morgan fingerprint density at radius 1 is 0.681 bits per heavy atom. The summed E-state index contributed by atoms with van der Waals surface area (Å²) in [6, 6.07) is 7.25. The molecular weight excluding hydrogens is 1180 g/mol. The van der Waals surface area contributed by atoms with Crippen LogP contribution in [0, 0.1) is 5.92 Å². The zero-order valence-electron chi connectivity index (χ0n) is 51.2. The van der Waals surface area contributed by atoms with Crippen LogP contribution in [0.3, 0.4) is 0 Å². The van der Waals surface area contributed by atoms with Gasteiger partial charge >= 0.3 is 18.2 Å². The topological polar surface area (TPSA) is 368 Å². The van der Waals surface area contributed by atoms with Crippen molar-refractivity contribution in [1.29, 1.82) is 0 Å². The van der Waals surface area contributed by atoms with Crippen molar-refractivity contribution in [2.45, 2.75) is 128 Å². The van der Waals surface area contributed by atoms with Crippen LogP contribution in [0.4, 0.5) is 31.4 Å². The summed E-state index contributed by atoms with van der Waals surface area (Å²) in [5.41, 5.74) is 7.34. The highest BCUT2D eigenvalue weighted by atomic mass is 16.6. The van der Waals surface area contributed by atoms with E-state index in [0.717, 1.165) is 14.7 Å². The number of amides is 11. The normalized spacial score (nSPS) is 19.0. The van der Waals surface area contributed by atoms with Gasteiger partial charge in [0.15, 0.2) is 35.5 Å². The SMILES string of the molecule is C=C1C[C@H]2C(O)N(C(=O)O)c3cc(OCCCCCOc4cc5c(cc4OC)C(=O)N4CC(=C)C[C@H]4C(O)N5C(=O)OCc4ccc(NC(=O)C(CCCNC(N)=O)NC(=O)C(NC(=O)CCCCCN5C(=O)C=CC5=O)C(C)C)cc4)c(OC)cc3C(=O)N2C1. The number of carboxylic acid groups (broad SMARTS) is 1. The van der Waals surface area contributed by atoms with E-state index in [-0.39, 0.29) is 141 Å². The molecule has 5 aliphatic rings. The molecule has 5 aliphatic heterocycles. The number of unbranched alkanes of at least 4 members (excludes halogenated alkanes) is 4. The predicted molar refractivity (Wildman–Crippen MR) is 328 cm³/mol. The van der Waals surface area contributed by atoms with Crippen molar-refractivity contribution in [3.8, 4) is 23.0 Å². The fourth-order valence-electron chi connectivity index (χ4n) is 11.5. The minimum Gasteiger partial charge on any atom is -0.493 e. The Bertz CT molecular complexity index is 3340. The van der Waals surface area contributed by atoms with E-state index < -0.39 is 84.4 Å². The van der Waals surface area contributed by atoms with Crippen molar-refractivity contribution < 1.29 is 86.9 Å². The number of hydrogen-bond donors (Lipinski definition) is 8. The van der Waals surface area contributed by atoms with Crippen molar-refractivity contribution in [2.24, 2.45) is 11.7 Å². The summed E-state index contributed by atoms with van der Waals surface area (Å²) in [4.78, 5) is 136. The molecule has 4 unspecified atom stereocenters. The van der Waals surface area contributed by atoms with Crippen LogP contribution in [0.2, 0.25) is 0 Å². The number of anilines is 3. The fraction of sp³-hybridized carbons (Fsp3) is 0.460. The van der Waals surface area contributed by atoms with Gasteiger partial charge in [-0.2, -0.15) is 0 Å². The highest BCUT2D eigenvalue weighted by Gasteiger charge is 2.48. The smallest absolute Gasteiger partial charge is 0.416 e. The Hall–Kier alpha value is -9.70. The second-order valence-corrected chi connectivity index (χ2v) is 23.1. The van der Waals surface area contributed by atoms with E-state index in [9.17, 15) is 63.3 Å². The van der Waals surface area contributed by atoms with Crippen molar-refractivity contribution in [2.75, 3.05) is 68.7 Å². The van der Waals surface area contributed by atoms with Gasteiger partial charge in [0.25, 0.3) is 23.6 Å². The Balaban J connectivity index is 0.875. The average molecular weight is 1260 g/mol. The molecule has 488 valence electrons. The number of urea groups is 1. The molecule has 8 rings (SSSR count). The Labute approximate surface area is 525 Å². The van der Waals surface area contributed by atoms with Gasteiger partial charge < -0.3 is 75.8 Å². The van der Waals surface area contributed by atoms with Gasteiger partial charge in [0, 0.05) is 62.6 Å². The molecule has 3 aromatic carbocycles. The number of hydrogen-bond acceptors (Lipinski definition) is 17. The summed E-state index contributed by atoms with van der Waals surface area (Å²) >= 11 is 0. The molecule has 0 radical (unpaired) electrons. The van der Waals surface area contributed by atoms with Crippen molar-refractivity contribution in [3.63, 3.8) is 0 Å². The average Bonchev–Trinajstić information content (AvgIpc) is 1.66. The lowest BCUT2D eigenvalue weighted by atomic mass is 10.0. The van der Waals surface area contributed by atoms with E-state index in [2.05, 4.69) is 34.4 Å². The Morgan fingerprint density at radius 3 is 1.75 bits per heavy atom. The molecule has 28 nitrogen and oxygen atoms in total. The second-order valence-electron chi connectivity index (χ2n) is 23.1. The summed E-state index contributed by atoms with van der Waals surface area (Å²) in [7, 11) is 2.78. The lowest BCUT2D eigenvalue weighted by molar-refractivity contribution is -0.137. The number of ether oxygens (including phenoxy) is 5. The van der Waals surface area contributed by atoms with E-state index in [1.54, 1.807) is 38.1 Å². The molecule has 91 heavy (non-hydrogen) atoms. The quantitative estimate of drug-likeness (QED) is 0.0278. The third kappa shape index (κ3) is 16.0. The fourth-order valence-corrected chi connectivity index (χ4v) is 11.5. The molecular formula is C63H78N10O18. The molecule has 2 fully saturated rings. The van der Waals surface area contributed by atoms with Crippen molar-refractivity contribution in [1.82, 2.24) is 30.7 Å². The first-order valence-electron chi connectivity index (χ1n) is 30.1. The van der Waals surface area contributed by atoms with Crippen LogP contribution in [0.25, 0.3) is 0 Å². The number of primary amides is 1. The summed E-state index contributed by atoms with van der Waals surface area (Å²) in [5, 5.41) is 44.1. The summed E-state index contributed by atoms with van der Waals surface area (Å²) in [5.74, 6) is -3.09. The predicted octanol–water partition coefficient (Wildman–Crippen LogP) is 4.66. The first-order valence-corrected chi connectivity index (χ1v) is 30.1. The lowest BCUT2D eigenvalue weighted by Gasteiger charge is -2.31. The van der Waals surface area contributed by atoms with Gasteiger partial charge in [-0.15, -0.1) is 0 Å². The first kappa shape index (κ1) is 67.2. The van der Waals surface area contributed by atoms with Gasteiger partial charge in [0.05, 0.1) is 62.0 Å². The molecule has 9 N–H and O–H groups in total. The number of nitrogens with one attached hydrogen (secondary N) is 4. The second kappa shape index (κ2) is 30.2. The van der Waals surface area contributed by atoms with Gasteiger partial charge in [-0.05, 0) is 93.5 Å². The monoisotopic (exact) mass is 1260 g/mol. The van der Waals surface area contributed by atoms with Gasteiger partial charge in [0.2, 0.25) is 17.7 Å². The maximum Gasteiger partial charge on any atom is 0.416 e. The molecule has 11 amide bonds. The lowest BCUT2D eigenvalue weighted by Crippen LogP contribution is -2.54. The third-order valence-electron chi connectivity index (χ3n) is 16.2. The van der Waals surface area contributed by atoms with E-state index in [4.69, 9.17) is 29.4 Å². The van der Waals surface area contributed by atoms with Gasteiger partial charge in [-0.1, -0.05) is 56.7 Å². The number of fused-ring (bicyclic) bond motifs is 4. The minimum absolute atomic E-state index is 0.00650. The molecule has 3 aromatic rings. The maximum absolute atomic E-state index is 14.3. The van der Waals surface area contributed by atoms with Crippen LogP contribution in [-0.2, 0) is 35.3 Å². The van der Waals surface area contributed by atoms with Gasteiger partial charge in [-0.3, -0.25) is 38.5 Å². The summed E-state index contributed by atoms with van der Waals surface area (Å²) in [6.07, 6.45) is 0.585. The van der Waals surface area contributed by atoms with Gasteiger partial charge in [0.1, 0.15) is 18.7 Å². The van der Waals surface area contributed by atoms with Crippen molar-refractivity contribution in [3.05, 3.63) is 102 Å². The summed E-state index contributed by atoms with van der Waals surface area (Å²) in [6.45, 7) is 12.0. The number of carbonyl (C=O) groups is 10. The number of carbonyl (C=O) groups excluding carboxylic acids is 9.